The second kappa shape index (κ2) is 7.19. The summed E-state index contributed by atoms with van der Waals surface area (Å²) in [6.07, 6.45) is 1.26. The molecule has 1 aliphatic carbocycles. The number of hydrogen-bond acceptors (Lipinski definition) is 6. The Balaban J connectivity index is 1.93. The van der Waals surface area contributed by atoms with Crippen LogP contribution in [-0.4, -0.2) is 38.2 Å². The van der Waals surface area contributed by atoms with Crippen molar-refractivity contribution in [3.63, 3.8) is 0 Å². The van der Waals surface area contributed by atoms with Crippen molar-refractivity contribution in [3.8, 4) is 17.2 Å². The second-order valence-electron chi connectivity index (χ2n) is 7.21. The molecule has 1 aliphatic heterocycles. The smallest absolute Gasteiger partial charge is 0.310 e. The van der Waals surface area contributed by atoms with E-state index in [1.165, 1.54) is 14.2 Å². The van der Waals surface area contributed by atoms with Crippen LogP contribution in [0.5, 0.6) is 17.2 Å². The third-order valence-corrected chi connectivity index (χ3v) is 5.97. The zero-order chi connectivity index (χ0) is 19.8. The number of methoxy groups -OCH3 is 2. The Bertz CT molecular complexity index is 896. The Kier molecular flexibility index (Phi) is 4.71. The molecule has 0 spiro atoms. The number of aldehydes is 1. The summed E-state index contributed by atoms with van der Waals surface area (Å²) in [5.41, 5.74) is 2.85. The predicted molar refractivity (Wildman–Crippen MR) is 101 cm³/mol. The van der Waals surface area contributed by atoms with Crippen molar-refractivity contribution < 1.29 is 28.9 Å². The molecule has 1 fully saturated rings. The predicted octanol–water partition coefficient (Wildman–Crippen LogP) is 3.02. The first-order valence-electron chi connectivity index (χ1n) is 9.24. The first kappa shape index (κ1) is 18.3. The molecule has 4 atom stereocenters. The van der Waals surface area contributed by atoms with Gasteiger partial charge in [0.2, 0.25) is 5.75 Å². The quantitative estimate of drug-likeness (QED) is 0.632. The summed E-state index contributed by atoms with van der Waals surface area (Å²) in [6, 6.07) is 11.4. The van der Waals surface area contributed by atoms with E-state index in [9.17, 15) is 14.7 Å². The van der Waals surface area contributed by atoms with Gasteiger partial charge in [0.15, 0.2) is 11.5 Å². The number of benzene rings is 2. The molecule has 0 radical (unpaired) electrons. The van der Waals surface area contributed by atoms with E-state index in [0.717, 1.165) is 23.0 Å². The van der Waals surface area contributed by atoms with Crippen LogP contribution >= 0.6 is 0 Å². The van der Waals surface area contributed by atoms with Gasteiger partial charge in [-0.05, 0) is 34.7 Å². The number of fused-ring (bicyclic) bond motifs is 2. The SMILES string of the molecule is COc1cc([C@@H]2c3ccccc3[C@@H](CC=O)C3COC(=O)[C@@H]32)cc(OC)c1O. The summed E-state index contributed by atoms with van der Waals surface area (Å²) < 4.78 is 16.1. The van der Waals surface area contributed by atoms with Crippen LogP contribution in [0.2, 0.25) is 0 Å². The van der Waals surface area contributed by atoms with Crippen molar-refractivity contribution in [2.24, 2.45) is 11.8 Å². The Morgan fingerprint density at radius 2 is 1.79 bits per heavy atom. The maximum Gasteiger partial charge on any atom is 0.310 e. The van der Waals surface area contributed by atoms with Gasteiger partial charge in [-0.15, -0.1) is 0 Å². The lowest BCUT2D eigenvalue weighted by molar-refractivity contribution is -0.141. The second-order valence-corrected chi connectivity index (χ2v) is 7.21. The van der Waals surface area contributed by atoms with Crippen LogP contribution in [0.4, 0.5) is 0 Å². The lowest BCUT2D eigenvalue weighted by atomic mass is 9.62. The molecule has 1 heterocycles. The van der Waals surface area contributed by atoms with E-state index in [0.29, 0.717) is 13.0 Å². The van der Waals surface area contributed by atoms with Crippen LogP contribution in [0.15, 0.2) is 36.4 Å². The highest BCUT2D eigenvalue weighted by Gasteiger charge is 2.51. The fraction of sp³-hybridized carbons (Fsp3) is 0.364. The van der Waals surface area contributed by atoms with E-state index in [1.54, 1.807) is 12.1 Å². The van der Waals surface area contributed by atoms with Gasteiger partial charge in [0.1, 0.15) is 6.29 Å². The van der Waals surface area contributed by atoms with Gasteiger partial charge < -0.3 is 24.1 Å². The lowest BCUT2D eigenvalue weighted by Crippen LogP contribution is -2.34. The fourth-order valence-corrected chi connectivity index (χ4v) is 4.74. The van der Waals surface area contributed by atoms with Crippen LogP contribution in [0, 0.1) is 11.8 Å². The number of hydrogen-bond donors (Lipinski definition) is 1. The summed E-state index contributed by atoms with van der Waals surface area (Å²) >= 11 is 0. The summed E-state index contributed by atoms with van der Waals surface area (Å²) in [4.78, 5) is 24.0. The number of rotatable bonds is 5. The van der Waals surface area contributed by atoms with Crippen molar-refractivity contribution >= 4 is 12.3 Å². The summed E-state index contributed by atoms with van der Waals surface area (Å²) in [5, 5.41) is 10.3. The first-order chi connectivity index (χ1) is 13.6. The van der Waals surface area contributed by atoms with Crippen LogP contribution in [0.1, 0.15) is 34.9 Å². The van der Waals surface area contributed by atoms with E-state index in [-0.39, 0.29) is 41.0 Å². The highest BCUT2D eigenvalue weighted by molar-refractivity contribution is 5.79. The van der Waals surface area contributed by atoms with Gasteiger partial charge in [-0.2, -0.15) is 0 Å². The molecule has 2 aromatic carbocycles. The molecule has 146 valence electrons. The minimum Gasteiger partial charge on any atom is -0.502 e. The molecule has 28 heavy (non-hydrogen) atoms. The summed E-state index contributed by atoms with van der Waals surface area (Å²) in [7, 11) is 2.94. The van der Waals surface area contributed by atoms with Gasteiger partial charge in [0.25, 0.3) is 0 Å². The third-order valence-electron chi connectivity index (χ3n) is 5.97. The molecular formula is C22H22O6. The fourth-order valence-electron chi connectivity index (χ4n) is 4.74. The number of phenols is 1. The van der Waals surface area contributed by atoms with Crippen LogP contribution in [-0.2, 0) is 14.3 Å². The number of ether oxygens (including phenoxy) is 3. The van der Waals surface area contributed by atoms with Crippen molar-refractivity contribution in [3.05, 3.63) is 53.1 Å². The first-order valence-corrected chi connectivity index (χ1v) is 9.24. The van der Waals surface area contributed by atoms with Crippen LogP contribution < -0.4 is 9.47 Å². The lowest BCUT2D eigenvalue weighted by Gasteiger charge is -2.38. The maximum absolute atomic E-state index is 12.7. The molecule has 0 aromatic heterocycles. The molecule has 0 saturated carbocycles. The van der Waals surface area contributed by atoms with Crippen LogP contribution in [0.3, 0.4) is 0 Å². The van der Waals surface area contributed by atoms with Crippen LogP contribution in [0.25, 0.3) is 0 Å². The van der Waals surface area contributed by atoms with E-state index in [4.69, 9.17) is 14.2 Å². The summed E-state index contributed by atoms with van der Waals surface area (Å²) in [6.45, 7) is 0.305. The molecule has 6 heteroatoms. The van der Waals surface area contributed by atoms with Crippen molar-refractivity contribution in [2.45, 2.75) is 18.3 Å². The third kappa shape index (κ3) is 2.71. The van der Waals surface area contributed by atoms with E-state index >= 15 is 0 Å². The number of esters is 1. The number of carbonyl (C=O) groups excluding carboxylic acids is 2. The van der Waals surface area contributed by atoms with Gasteiger partial charge in [-0.25, -0.2) is 0 Å². The average molecular weight is 382 g/mol. The molecule has 2 aromatic rings. The molecule has 4 rings (SSSR count). The Hall–Kier alpha value is -3.02. The molecule has 6 nitrogen and oxygen atoms in total. The minimum absolute atomic E-state index is 0.0534. The number of cyclic esters (lactones) is 1. The maximum atomic E-state index is 12.7. The van der Waals surface area contributed by atoms with Gasteiger partial charge in [-0.3, -0.25) is 4.79 Å². The molecule has 2 aliphatic rings. The Morgan fingerprint density at radius 3 is 2.39 bits per heavy atom. The van der Waals surface area contributed by atoms with Crippen molar-refractivity contribution in [1.29, 1.82) is 0 Å². The Labute approximate surface area is 163 Å². The normalized spacial score (nSPS) is 25.4. The van der Waals surface area contributed by atoms with Crippen molar-refractivity contribution in [2.75, 3.05) is 20.8 Å². The van der Waals surface area contributed by atoms with E-state index < -0.39 is 5.92 Å². The van der Waals surface area contributed by atoms with Gasteiger partial charge in [0.05, 0.1) is 26.7 Å². The van der Waals surface area contributed by atoms with Crippen molar-refractivity contribution in [1.82, 2.24) is 0 Å². The molecule has 1 unspecified atom stereocenters. The molecule has 0 bridgehead atoms. The molecule has 1 saturated heterocycles. The minimum atomic E-state index is -0.404. The van der Waals surface area contributed by atoms with E-state index in [1.807, 2.05) is 24.3 Å². The summed E-state index contributed by atoms with van der Waals surface area (Å²) in [5.74, 6) is -0.588. The molecule has 0 amide bonds. The molecular weight excluding hydrogens is 360 g/mol. The largest absolute Gasteiger partial charge is 0.502 e. The zero-order valence-corrected chi connectivity index (χ0v) is 15.8. The monoisotopic (exact) mass is 382 g/mol. The highest BCUT2D eigenvalue weighted by Crippen LogP contribution is 2.54. The number of phenolic OH excluding ortho intramolecular Hbond substituents is 1. The van der Waals surface area contributed by atoms with E-state index in [2.05, 4.69) is 0 Å². The number of aromatic hydroxyl groups is 1. The van der Waals surface area contributed by atoms with Gasteiger partial charge >= 0.3 is 5.97 Å². The number of carbonyl (C=O) groups is 2. The highest BCUT2D eigenvalue weighted by atomic mass is 16.5. The Morgan fingerprint density at radius 1 is 1.14 bits per heavy atom. The standard InChI is InChI=1S/C22H22O6/c1-26-17-9-12(10-18(27-2)21(17)24)19-15-6-4-3-5-13(15)14(7-8-23)16-11-28-22(25)20(16)19/h3-6,8-10,14,16,19-20,24H,7,11H2,1-2H3/t14-,16?,19-,20+/m1/s1. The van der Waals surface area contributed by atoms with Gasteiger partial charge in [-0.1, -0.05) is 24.3 Å². The topological polar surface area (TPSA) is 82.1 Å². The average Bonchev–Trinajstić information content (AvgIpc) is 3.10. The zero-order valence-electron chi connectivity index (χ0n) is 15.8. The molecule has 1 N–H and O–H groups in total. The van der Waals surface area contributed by atoms with Gasteiger partial charge in [0, 0.05) is 18.3 Å².